The molecule has 0 heterocycles. The number of rotatable bonds is 9. The van der Waals surface area contributed by atoms with E-state index in [1.54, 1.807) is 31.4 Å². The van der Waals surface area contributed by atoms with Gasteiger partial charge >= 0.3 is 0 Å². The van der Waals surface area contributed by atoms with Crippen molar-refractivity contribution < 1.29 is 19.1 Å². The second kappa shape index (κ2) is 11.8. The van der Waals surface area contributed by atoms with Crippen LogP contribution in [-0.2, 0) is 4.79 Å². The predicted octanol–water partition coefficient (Wildman–Crippen LogP) is 6.31. The molecule has 182 valence electrons. The van der Waals surface area contributed by atoms with E-state index in [0.29, 0.717) is 22.7 Å². The van der Waals surface area contributed by atoms with Gasteiger partial charge in [0.1, 0.15) is 0 Å². The molecular weight excluding hydrogens is 460 g/mol. The van der Waals surface area contributed by atoms with E-state index in [9.17, 15) is 9.59 Å². The molecule has 1 aliphatic rings. The first-order chi connectivity index (χ1) is 17.0. The van der Waals surface area contributed by atoms with Crippen LogP contribution in [0.4, 0.5) is 11.4 Å². The zero-order valence-electron chi connectivity index (χ0n) is 20.0. The second-order valence-corrected chi connectivity index (χ2v) is 9.56. The number of anilines is 2. The van der Waals surface area contributed by atoms with Gasteiger partial charge in [0.2, 0.25) is 5.91 Å². The van der Waals surface area contributed by atoms with Crippen LogP contribution < -0.4 is 20.1 Å². The summed E-state index contributed by atoms with van der Waals surface area (Å²) in [6.07, 6.45) is 4.57. The Bertz CT molecular complexity index is 1170. The zero-order chi connectivity index (χ0) is 24.6. The van der Waals surface area contributed by atoms with Gasteiger partial charge in [0.05, 0.1) is 24.5 Å². The molecule has 0 aromatic heterocycles. The predicted molar refractivity (Wildman–Crippen MR) is 141 cm³/mol. The van der Waals surface area contributed by atoms with E-state index in [4.69, 9.17) is 9.47 Å². The Morgan fingerprint density at radius 1 is 0.914 bits per heavy atom. The van der Waals surface area contributed by atoms with Gasteiger partial charge in [-0.15, -0.1) is 11.8 Å². The third-order valence-corrected chi connectivity index (χ3v) is 6.92. The van der Waals surface area contributed by atoms with Crippen LogP contribution in [0.15, 0.2) is 71.6 Å². The molecule has 2 amide bonds. The fourth-order valence-corrected chi connectivity index (χ4v) is 4.84. The lowest BCUT2D eigenvalue weighted by Gasteiger charge is -2.17. The monoisotopic (exact) mass is 490 g/mol. The number of thioether (sulfide) groups is 1. The summed E-state index contributed by atoms with van der Waals surface area (Å²) >= 11 is 1.33. The minimum Gasteiger partial charge on any atom is -0.493 e. The average Bonchev–Trinajstić information content (AvgIpc) is 3.38. The maximum Gasteiger partial charge on any atom is 0.256 e. The van der Waals surface area contributed by atoms with Gasteiger partial charge in [0, 0.05) is 22.3 Å². The Morgan fingerprint density at radius 3 is 2.37 bits per heavy atom. The summed E-state index contributed by atoms with van der Waals surface area (Å²) in [7, 11) is 1.61. The number of carbonyl (C=O) groups is 2. The van der Waals surface area contributed by atoms with Gasteiger partial charge in [-0.1, -0.05) is 29.8 Å². The number of methoxy groups -OCH3 is 1. The molecule has 0 spiro atoms. The first-order valence-electron chi connectivity index (χ1n) is 11.8. The Balaban J connectivity index is 1.41. The van der Waals surface area contributed by atoms with Crippen molar-refractivity contribution in [3.63, 3.8) is 0 Å². The summed E-state index contributed by atoms with van der Waals surface area (Å²) in [5, 5.41) is 5.85. The summed E-state index contributed by atoms with van der Waals surface area (Å²) < 4.78 is 11.6. The van der Waals surface area contributed by atoms with Crippen LogP contribution in [0.1, 0.15) is 41.6 Å². The van der Waals surface area contributed by atoms with Gasteiger partial charge in [0.15, 0.2) is 11.5 Å². The molecule has 0 aliphatic heterocycles. The van der Waals surface area contributed by atoms with Crippen molar-refractivity contribution in [2.45, 2.75) is 43.6 Å². The van der Waals surface area contributed by atoms with Gasteiger partial charge in [-0.25, -0.2) is 0 Å². The molecule has 7 heteroatoms. The molecule has 0 atom stereocenters. The molecule has 1 aliphatic carbocycles. The van der Waals surface area contributed by atoms with E-state index in [1.165, 1.54) is 24.6 Å². The average molecular weight is 491 g/mol. The quantitative estimate of drug-likeness (QED) is 0.344. The van der Waals surface area contributed by atoms with Gasteiger partial charge < -0.3 is 20.1 Å². The van der Waals surface area contributed by atoms with E-state index in [0.717, 1.165) is 29.0 Å². The van der Waals surface area contributed by atoms with E-state index in [1.807, 2.05) is 49.4 Å². The van der Waals surface area contributed by atoms with Crippen molar-refractivity contribution in [2.24, 2.45) is 0 Å². The second-order valence-electron chi connectivity index (χ2n) is 8.54. The van der Waals surface area contributed by atoms with Crippen molar-refractivity contribution in [1.29, 1.82) is 0 Å². The molecule has 2 N–H and O–H groups in total. The van der Waals surface area contributed by atoms with Crippen LogP contribution in [0.25, 0.3) is 0 Å². The largest absolute Gasteiger partial charge is 0.493 e. The highest BCUT2D eigenvalue weighted by atomic mass is 32.2. The normalized spacial score (nSPS) is 13.3. The highest BCUT2D eigenvalue weighted by Gasteiger charge is 2.19. The van der Waals surface area contributed by atoms with Crippen molar-refractivity contribution in [3.8, 4) is 11.5 Å². The molecule has 3 aromatic carbocycles. The number of nitrogens with one attached hydrogen (secondary N) is 2. The number of amides is 2. The number of hydrogen-bond donors (Lipinski definition) is 2. The first kappa shape index (κ1) is 24.7. The zero-order valence-corrected chi connectivity index (χ0v) is 20.8. The molecule has 0 bridgehead atoms. The Kier molecular flexibility index (Phi) is 8.32. The molecule has 0 saturated heterocycles. The fraction of sp³-hybridized carbons (Fsp3) is 0.286. The number of carbonyl (C=O) groups excluding carboxylic acids is 2. The number of ether oxygens (including phenoxy) is 2. The van der Waals surface area contributed by atoms with Crippen LogP contribution in [0, 0.1) is 6.92 Å². The lowest BCUT2D eigenvalue weighted by atomic mass is 10.2. The van der Waals surface area contributed by atoms with Crippen LogP contribution in [-0.4, -0.2) is 30.8 Å². The maximum atomic E-state index is 13.1. The van der Waals surface area contributed by atoms with E-state index >= 15 is 0 Å². The van der Waals surface area contributed by atoms with Crippen LogP contribution in [0.3, 0.4) is 0 Å². The molecule has 1 saturated carbocycles. The molecular formula is C28H30N2O4S. The summed E-state index contributed by atoms with van der Waals surface area (Å²) in [5.74, 6) is 1.10. The number of benzene rings is 3. The molecule has 0 unspecified atom stereocenters. The third-order valence-electron chi connectivity index (χ3n) is 5.84. The maximum absolute atomic E-state index is 13.1. The topological polar surface area (TPSA) is 76.7 Å². The molecule has 6 nitrogen and oxygen atoms in total. The van der Waals surface area contributed by atoms with E-state index in [2.05, 4.69) is 10.6 Å². The Labute approximate surface area is 210 Å². The van der Waals surface area contributed by atoms with Crippen LogP contribution >= 0.6 is 11.8 Å². The number of hydrogen-bond acceptors (Lipinski definition) is 5. The molecule has 0 radical (unpaired) electrons. The van der Waals surface area contributed by atoms with E-state index in [-0.39, 0.29) is 23.7 Å². The smallest absolute Gasteiger partial charge is 0.256 e. The highest BCUT2D eigenvalue weighted by Crippen LogP contribution is 2.34. The van der Waals surface area contributed by atoms with Gasteiger partial charge in [-0.05, 0) is 69.0 Å². The summed E-state index contributed by atoms with van der Waals surface area (Å²) in [6.45, 7) is 2.00. The van der Waals surface area contributed by atoms with E-state index < -0.39 is 0 Å². The minimum atomic E-state index is -0.246. The molecule has 35 heavy (non-hydrogen) atoms. The third kappa shape index (κ3) is 6.79. The first-order valence-corrected chi connectivity index (χ1v) is 12.7. The SMILES string of the molecule is COc1ccc(NC(=O)c2ccccc2SCC(=O)Nc2ccc(C)cc2)cc1OC1CCCC1. The van der Waals surface area contributed by atoms with Crippen molar-refractivity contribution in [1.82, 2.24) is 0 Å². The lowest BCUT2D eigenvalue weighted by Crippen LogP contribution is -2.16. The van der Waals surface area contributed by atoms with Gasteiger partial charge in [-0.2, -0.15) is 0 Å². The molecule has 1 fully saturated rings. The lowest BCUT2D eigenvalue weighted by molar-refractivity contribution is -0.113. The van der Waals surface area contributed by atoms with Crippen molar-refractivity contribution in [2.75, 3.05) is 23.5 Å². The van der Waals surface area contributed by atoms with Gasteiger partial charge in [0.25, 0.3) is 5.91 Å². The Hall–Kier alpha value is -3.45. The molecule has 4 rings (SSSR count). The standard InChI is InChI=1S/C28H30N2O4S/c1-19-11-13-20(14-12-19)29-27(31)18-35-26-10-6-5-9-23(26)28(32)30-21-15-16-24(33-2)25(17-21)34-22-7-3-4-8-22/h5-6,9-17,22H,3-4,7-8,18H2,1-2H3,(H,29,31)(H,30,32). The highest BCUT2D eigenvalue weighted by molar-refractivity contribution is 8.00. The minimum absolute atomic E-state index is 0.127. The van der Waals surface area contributed by atoms with Crippen molar-refractivity contribution >= 4 is 35.0 Å². The molecule has 3 aromatic rings. The van der Waals surface area contributed by atoms with Crippen LogP contribution in [0.5, 0.6) is 11.5 Å². The summed E-state index contributed by atoms with van der Waals surface area (Å²) in [4.78, 5) is 26.3. The van der Waals surface area contributed by atoms with Crippen molar-refractivity contribution in [3.05, 3.63) is 77.9 Å². The fourth-order valence-electron chi connectivity index (χ4n) is 3.99. The summed E-state index contributed by atoms with van der Waals surface area (Å²) in [6, 6.07) is 20.3. The van der Waals surface area contributed by atoms with Crippen LogP contribution in [0.2, 0.25) is 0 Å². The summed E-state index contributed by atoms with van der Waals surface area (Å²) in [5.41, 5.74) is 3.02. The van der Waals surface area contributed by atoms with Gasteiger partial charge in [-0.3, -0.25) is 9.59 Å². The Morgan fingerprint density at radius 2 is 1.63 bits per heavy atom. The number of aryl methyl sites for hydroxylation is 1.